The first-order valence-electron chi connectivity index (χ1n) is 10.6. The van der Waals surface area contributed by atoms with Crippen LogP contribution in [-0.4, -0.2) is 18.0 Å². The second kappa shape index (κ2) is 8.68. The summed E-state index contributed by atoms with van der Waals surface area (Å²) in [5, 5.41) is 8.98. The number of carbonyl (C=O) groups is 2. The van der Waals surface area contributed by atoms with Gasteiger partial charge in [0.25, 0.3) is 0 Å². The lowest BCUT2D eigenvalue weighted by Gasteiger charge is -2.29. The van der Waals surface area contributed by atoms with Crippen LogP contribution >= 0.6 is 0 Å². The Morgan fingerprint density at radius 3 is 1.93 bits per heavy atom. The van der Waals surface area contributed by atoms with Crippen molar-refractivity contribution in [1.82, 2.24) is 16.0 Å². The van der Waals surface area contributed by atoms with Gasteiger partial charge in [-0.15, -0.1) is 0 Å². The smallest absolute Gasteiger partial charge is 0.315 e. The molecule has 0 aromatic heterocycles. The lowest BCUT2D eigenvalue weighted by molar-refractivity contribution is -0.123. The van der Waals surface area contributed by atoms with Gasteiger partial charge in [0.1, 0.15) is 6.04 Å². The largest absolute Gasteiger partial charge is 0.348 e. The molecule has 29 heavy (non-hydrogen) atoms. The maximum atomic E-state index is 12.7. The Hall–Kier alpha value is -2.82. The Morgan fingerprint density at radius 1 is 0.828 bits per heavy atom. The van der Waals surface area contributed by atoms with E-state index >= 15 is 0 Å². The number of benzene rings is 2. The Bertz CT molecular complexity index is 895. The molecule has 3 N–H and O–H groups in total. The molecule has 0 heterocycles. The summed E-state index contributed by atoms with van der Waals surface area (Å²) in [7, 11) is 0. The molecule has 5 heteroatoms. The second-order valence-corrected chi connectivity index (χ2v) is 8.14. The number of hydrogen-bond acceptors (Lipinski definition) is 2. The van der Waals surface area contributed by atoms with E-state index in [0.29, 0.717) is 0 Å². The SMILES string of the molecule is C[C@H](NC(=O)N[C@@H]1CCCc2ccccc21)C(=O)N[C@H]1CCCc2ccccc21. The molecular weight excluding hydrogens is 362 g/mol. The van der Waals surface area contributed by atoms with Gasteiger partial charge >= 0.3 is 6.03 Å². The fourth-order valence-corrected chi connectivity index (χ4v) is 4.57. The highest BCUT2D eigenvalue weighted by atomic mass is 16.2. The van der Waals surface area contributed by atoms with Crippen LogP contribution < -0.4 is 16.0 Å². The number of rotatable bonds is 4. The molecule has 2 aromatic rings. The Kier molecular flexibility index (Phi) is 5.84. The zero-order valence-corrected chi connectivity index (χ0v) is 16.9. The Morgan fingerprint density at radius 2 is 1.34 bits per heavy atom. The van der Waals surface area contributed by atoms with E-state index in [4.69, 9.17) is 0 Å². The van der Waals surface area contributed by atoms with Crippen LogP contribution in [0.1, 0.15) is 66.9 Å². The quantitative estimate of drug-likeness (QED) is 0.739. The maximum Gasteiger partial charge on any atom is 0.315 e. The predicted octanol–water partition coefficient (Wildman–Crippen LogP) is 3.95. The number of amides is 3. The summed E-state index contributed by atoms with van der Waals surface area (Å²) in [5.74, 6) is -0.147. The normalized spacial score (nSPS) is 21.3. The molecular formula is C24H29N3O2. The predicted molar refractivity (Wildman–Crippen MR) is 114 cm³/mol. The molecule has 0 saturated carbocycles. The molecule has 0 bridgehead atoms. The molecule has 0 fully saturated rings. The van der Waals surface area contributed by atoms with Crippen LogP contribution in [-0.2, 0) is 17.6 Å². The molecule has 0 radical (unpaired) electrons. The van der Waals surface area contributed by atoms with Gasteiger partial charge in [0.15, 0.2) is 0 Å². The number of hydrogen-bond donors (Lipinski definition) is 3. The van der Waals surface area contributed by atoms with E-state index in [1.165, 1.54) is 22.3 Å². The minimum absolute atomic E-state index is 0.000401. The van der Waals surface area contributed by atoms with Gasteiger partial charge in [-0.3, -0.25) is 4.79 Å². The minimum Gasteiger partial charge on any atom is -0.348 e. The van der Waals surface area contributed by atoms with Gasteiger partial charge < -0.3 is 16.0 Å². The van der Waals surface area contributed by atoms with E-state index in [1.54, 1.807) is 6.92 Å². The van der Waals surface area contributed by atoms with E-state index in [1.807, 2.05) is 24.3 Å². The van der Waals surface area contributed by atoms with Crippen molar-refractivity contribution in [3.8, 4) is 0 Å². The third kappa shape index (κ3) is 4.44. The second-order valence-electron chi connectivity index (χ2n) is 8.14. The van der Waals surface area contributed by atoms with Crippen LogP contribution in [0.15, 0.2) is 48.5 Å². The highest BCUT2D eigenvalue weighted by Crippen LogP contribution is 2.30. The average Bonchev–Trinajstić information content (AvgIpc) is 2.74. The first-order chi connectivity index (χ1) is 14.1. The van der Waals surface area contributed by atoms with Gasteiger partial charge in [-0.1, -0.05) is 48.5 Å². The zero-order chi connectivity index (χ0) is 20.2. The van der Waals surface area contributed by atoms with Crippen LogP contribution in [0.4, 0.5) is 4.79 Å². The van der Waals surface area contributed by atoms with Crippen LogP contribution in [0.25, 0.3) is 0 Å². The van der Waals surface area contributed by atoms with Crippen molar-refractivity contribution in [2.75, 3.05) is 0 Å². The molecule has 0 spiro atoms. The molecule has 3 atom stereocenters. The number of carbonyl (C=O) groups excluding carboxylic acids is 2. The fourth-order valence-electron chi connectivity index (χ4n) is 4.57. The molecule has 3 amide bonds. The highest BCUT2D eigenvalue weighted by molar-refractivity contribution is 5.87. The third-order valence-corrected chi connectivity index (χ3v) is 6.10. The molecule has 5 nitrogen and oxygen atoms in total. The highest BCUT2D eigenvalue weighted by Gasteiger charge is 2.26. The molecule has 0 aliphatic heterocycles. The summed E-state index contributed by atoms with van der Waals surface area (Å²) in [6.45, 7) is 1.73. The molecule has 2 aliphatic carbocycles. The number of aryl methyl sites for hydroxylation is 2. The summed E-state index contributed by atoms with van der Waals surface area (Å²) in [4.78, 5) is 25.2. The maximum absolute atomic E-state index is 12.7. The van der Waals surface area contributed by atoms with E-state index in [9.17, 15) is 9.59 Å². The summed E-state index contributed by atoms with van der Waals surface area (Å²) in [5.41, 5.74) is 4.98. The van der Waals surface area contributed by atoms with Gasteiger partial charge in [-0.2, -0.15) is 0 Å². The average molecular weight is 392 g/mol. The van der Waals surface area contributed by atoms with Crippen LogP contribution in [0.3, 0.4) is 0 Å². The lowest BCUT2D eigenvalue weighted by Crippen LogP contribution is -2.50. The molecule has 2 aliphatic rings. The minimum atomic E-state index is -0.595. The van der Waals surface area contributed by atoms with Crippen molar-refractivity contribution >= 4 is 11.9 Å². The molecule has 0 saturated heterocycles. The lowest BCUT2D eigenvalue weighted by atomic mass is 9.87. The van der Waals surface area contributed by atoms with Gasteiger partial charge in [0, 0.05) is 0 Å². The van der Waals surface area contributed by atoms with Gasteiger partial charge in [0.05, 0.1) is 12.1 Å². The van der Waals surface area contributed by atoms with Crippen LogP contribution in [0.5, 0.6) is 0 Å². The topological polar surface area (TPSA) is 70.2 Å². The first kappa shape index (κ1) is 19.5. The zero-order valence-electron chi connectivity index (χ0n) is 16.9. The third-order valence-electron chi connectivity index (χ3n) is 6.10. The Labute approximate surface area is 172 Å². The van der Waals surface area contributed by atoms with E-state index in [2.05, 4.69) is 40.2 Å². The van der Waals surface area contributed by atoms with Crippen molar-refractivity contribution in [2.24, 2.45) is 0 Å². The number of nitrogens with one attached hydrogen (secondary N) is 3. The first-order valence-corrected chi connectivity index (χ1v) is 10.6. The summed E-state index contributed by atoms with van der Waals surface area (Å²) < 4.78 is 0. The number of fused-ring (bicyclic) bond motifs is 2. The van der Waals surface area contributed by atoms with Crippen molar-refractivity contribution < 1.29 is 9.59 Å². The number of urea groups is 1. The van der Waals surface area contributed by atoms with Crippen molar-refractivity contribution in [3.05, 3.63) is 70.8 Å². The standard InChI is InChI=1S/C24H29N3O2/c1-16(23(28)26-21-14-6-10-17-8-2-4-12-19(17)21)25-24(29)27-22-15-7-11-18-9-3-5-13-20(18)22/h2-5,8-9,12-13,16,21-22H,6-7,10-11,14-15H2,1H3,(H,26,28)(H2,25,27,29)/t16-,21-,22+/m0/s1. The van der Waals surface area contributed by atoms with Gasteiger partial charge in [0.2, 0.25) is 5.91 Å². The van der Waals surface area contributed by atoms with Gasteiger partial charge in [-0.05, 0) is 67.7 Å². The van der Waals surface area contributed by atoms with Crippen molar-refractivity contribution in [3.63, 3.8) is 0 Å². The van der Waals surface area contributed by atoms with Crippen LogP contribution in [0, 0.1) is 0 Å². The monoisotopic (exact) mass is 391 g/mol. The van der Waals surface area contributed by atoms with Gasteiger partial charge in [-0.25, -0.2) is 4.79 Å². The Balaban J connectivity index is 1.33. The van der Waals surface area contributed by atoms with E-state index < -0.39 is 6.04 Å². The van der Waals surface area contributed by atoms with Crippen molar-refractivity contribution in [1.29, 1.82) is 0 Å². The molecule has 0 unspecified atom stereocenters. The molecule has 4 rings (SSSR count). The van der Waals surface area contributed by atoms with E-state index in [-0.39, 0.29) is 24.0 Å². The summed E-state index contributed by atoms with van der Waals surface area (Å²) in [6, 6.07) is 15.7. The van der Waals surface area contributed by atoms with E-state index in [0.717, 1.165) is 38.5 Å². The fraction of sp³-hybridized carbons (Fsp3) is 0.417. The van der Waals surface area contributed by atoms with Crippen molar-refractivity contribution in [2.45, 2.75) is 63.6 Å². The summed E-state index contributed by atoms with van der Waals surface area (Å²) >= 11 is 0. The molecule has 2 aromatic carbocycles. The van der Waals surface area contributed by atoms with Crippen LogP contribution in [0.2, 0.25) is 0 Å². The summed E-state index contributed by atoms with van der Waals surface area (Å²) in [6.07, 6.45) is 6.08. The molecule has 152 valence electrons.